The Balaban J connectivity index is 3.02. The van der Waals surface area contributed by atoms with Crippen LogP contribution in [0.1, 0.15) is 56.3 Å². The average molecular weight is 314 g/mol. The van der Waals surface area contributed by atoms with Gasteiger partial charge in [0.15, 0.2) is 0 Å². The monoisotopic (exact) mass is 313 g/mol. The lowest BCUT2D eigenvalue weighted by Crippen LogP contribution is -2.45. The molecular weight excluding hydrogens is 294 g/mol. The fourth-order valence-electron chi connectivity index (χ4n) is 1.71. The summed E-state index contributed by atoms with van der Waals surface area (Å²) in [6.45, 7) is 7.41. The van der Waals surface area contributed by atoms with Gasteiger partial charge in [-0.05, 0) is 5.92 Å². The van der Waals surface area contributed by atoms with E-state index in [2.05, 4.69) is 15.3 Å². The maximum atomic E-state index is 12.2. The molecule has 1 heterocycles. The maximum absolute atomic E-state index is 12.2. The van der Waals surface area contributed by atoms with E-state index >= 15 is 0 Å². The number of nitrogens with one attached hydrogen (secondary N) is 1. The van der Waals surface area contributed by atoms with Gasteiger partial charge in [0.1, 0.15) is 17.6 Å². The molecule has 0 saturated carbocycles. The number of nitrogens with zero attached hydrogens (tertiary/aromatic N) is 2. The number of carboxylic acids is 1. The van der Waals surface area contributed by atoms with Gasteiger partial charge in [-0.2, -0.15) is 0 Å². The van der Waals surface area contributed by atoms with Gasteiger partial charge in [-0.3, -0.25) is 4.79 Å². The van der Waals surface area contributed by atoms with Crippen LogP contribution in [0.5, 0.6) is 0 Å². The first kappa shape index (κ1) is 17.4. The van der Waals surface area contributed by atoms with Gasteiger partial charge in [-0.15, -0.1) is 0 Å². The normalized spacial score (nSPS) is 13.8. The van der Waals surface area contributed by atoms with Crippen LogP contribution in [0.25, 0.3) is 0 Å². The molecule has 21 heavy (non-hydrogen) atoms. The van der Waals surface area contributed by atoms with Gasteiger partial charge >= 0.3 is 5.97 Å². The number of rotatable bonds is 6. The lowest BCUT2D eigenvalue weighted by Gasteiger charge is -2.20. The van der Waals surface area contributed by atoms with Crippen molar-refractivity contribution in [2.75, 3.05) is 0 Å². The summed E-state index contributed by atoms with van der Waals surface area (Å²) in [5.74, 6) is -1.35. The SMILES string of the molecule is CC[C@H](C)[C@H](NC(=O)c1nc(C(C)C)ncc1Cl)C(=O)O. The Morgan fingerprint density at radius 1 is 1.38 bits per heavy atom. The van der Waals surface area contributed by atoms with Crippen molar-refractivity contribution in [3.8, 4) is 0 Å². The van der Waals surface area contributed by atoms with E-state index in [1.54, 1.807) is 6.92 Å². The molecule has 2 N–H and O–H groups in total. The molecule has 7 heteroatoms. The maximum Gasteiger partial charge on any atom is 0.326 e. The Labute approximate surface area is 128 Å². The smallest absolute Gasteiger partial charge is 0.326 e. The van der Waals surface area contributed by atoms with Crippen molar-refractivity contribution in [1.82, 2.24) is 15.3 Å². The summed E-state index contributed by atoms with van der Waals surface area (Å²) in [4.78, 5) is 31.6. The van der Waals surface area contributed by atoms with E-state index in [1.807, 2.05) is 20.8 Å². The number of hydrogen-bond donors (Lipinski definition) is 2. The number of halogens is 1. The zero-order chi connectivity index (χ0) is 16.2. The van der Waals surface area contributed by atoms with E-state index in [1.165, 1.54) is 6.20 Å². The molecule has 0 saturated heterocycles. The third-order valence-corrected chi connectivity index (χ3v) is 3.54. The summed E-state index contributed by atoms with van der Waals surface area (Å²) in [6.07, 6.45) is 1.99. The molecule has 0 unspecified atom stereocenters. The summed E-state index contributed by atoms with van der Waals surface area (Å²) in [5.41, 5.74) is 0.00456. The third kappa shape index (κ3) is 4.39. The van der Waals surface area contributed by atoms with Crippen LogP contribution in [0.2, 0.25) is 5.02 Å². The zero-order valence-electron chi connectivity index (χ0n) is 12.6. The Hall–Kier alpha value is -1.69. The molecule has 0 aliphatic rings. The van der Waals surface area contributed by atoms with E-state index < -0.39 is 17.9 Å². The van der Waals surface area contributed by atoms with Crippen LogP contribution in [-0.2, 0) is 4.79 Å². The van der Waals surface area contributed by atoms with Crippen LogP contribution in [0, 0.1) is 5.92 Å². The highest BCUT2D eigenvalue weighted by atomic mass is 35.5. The molecule has 1 aromatic heterocycles. The van der Waals surface area contributed by atoms with Gasteiger partial charge < -0.3 is 10.4 Å². The molecule has 0 radical (unpaired) electrons. The number of carboxylic acid groups (broad SMARTS) is 1. The third-order valence-electron chi connectivity index (χ3n) is 3.26. The van der Waals surface area contributed by atoms with E-state index in [0.29, 0.717) is 12.2 Å². The summed E-state index contributed by atoms with van der Waals surface area (Å²) in [7, 11) is 0. The molecule has 6 nitrogen and oxygen atoms in total. The Bertz CT molecular complexity index is 534. The van der Waals surface area contributed by atoms with Crippen LogP contribution in [-0.4, -0.2) is 33.0 Å². The largest absolute Gasteiger partial charge is 0.480 e. The summed E-state index contributed by atoms with van der Waals surface area (Å²) < 4.78 is 0. The lowest BCUT2D eigenvalue weighted by molar-refractivity contribution is -0.140. The summed E-state index contributed by atoms with van der Waals surface area (Å²) in [5, 5.41) is 11.8. The first-order valence-electron chi connectivity index (χ1n) is 6.84. The number of hydrogen-bond acceptors (Lipinski definition) is 4. The highest BCUT2D eigenvalue weighted by Crippen LogP contribution is 2.17. The topological polar surface area (TPSA) is 92.2 Å². The van der Waals surface area contributed by atoms with Gasteiger partial charge in [-0.25, -0.2) is 14.8 Å². The van der Waals surface area contributed by atoms with Crippen LogP contribution in [0.4, 0.5) is 0 Å². The number of amides is 1. The van der Waals surface area contributed by atoms with Gasteiger partial charge in [0.25, 0.3) is 5.91 Å². The summed E-state index contributed by atoms with van der Waals surface area (Å²) >= 11 is 5.94. The highest BCUT2D eigenvalue weighted by molar-refractivity contribution is 6.33. The molecule has 0 aliphatic heterocycles. The molecule has 1 amide bonds. The number of carbonyl (C=O) groups excluding carboxylic acids is 1. The van der Waals surface area contributed by atoms with Crippen LogP contribution in [0.15, 0.2) is 6.20 Å². The van der Waals surface area contributed by atoms with Gasteiger partial charge in [0, 0.05) is 5.92 Å². The van der Waals surface area contributed by atoms with E-state index in [9.17, 15) is 14.7 Å². The molecular formula is C14H20ClN3O3. The summed E-state index contributed by atoms with van der Waals surface area (Å²) in [6, 6.07) is -0.976. The molecule has 0 aromatic carbocycles. The van der Waals surface area contributed by atoms with Gasteiger partial charge in [0.05, 0.1) is 11.2 Å². The predicted molar refractivity (Wildman–Crippen MR) is 79.5 cm³/mol. The number of aliphatic carboxylic acids is 1. The highest BCUT2D eigenvalue weighted by Gasteiger charge is 2.27. The molecule has 1 aromatic rings. The van der Waals surface area contributed by atoms with Crippen molar-refractivity contribution in [3.05, 3.63) is 22.7 Å². The Morgan fingerprint density at radius 3 is 2.48 bits per heavy atom. The van der Waals surface area contributed by atoms with E-state index in [-0.39, 0.29) is 22.6 Å². The molecule has 0 bridgehead atoms. The van der Waals surface area contributed by atoms with Crippen LogP contribution >= 0.6 is 11.6 Å². The fraction of sp³-hybridized carbons (Fsp3) is 0.571. The second-order valence-corrected chi connectivity index (χ2v) is 5.66. The predicted octanol–water partition coefficient (Wildman–Crippen LogP) is 2.48. The Kier molecular flexibility index (Phi) is 6.08. The first-order valence-corrected chi connectivity index (χ1v) is 7.21. The second kappa shape index (κ2) is 7.36. The lowest BCUT2D eigenvalue weighted by atomic mass is 9.99. The minimum atomic E-state index is -1.08. The van der Waals surface area contributed by atoms with Crippen molar-refractivity contribution in [2.45, 2.75) is 46.1 Å². The van der Waals surface area contributed by atoms with E-state index in [0.717, 1.165) is 0 Å². The van der Waals surface area contributed by atoms with Crippen molar-refractivity contribution in [3.63, 3.8) is 0 Å². The van der Waals surface area contributed by atoms with Crippen molar-refractivity contribution < 1.29 is 14.7 Å². The molecule has 1 rings (SSSR count). The second-order valence-electron chi connectivity index (χ2n) is 5.25. The fourth-order valence-corrected chi connectivity index (χ4v) is 1.89. The number of carbonyl (C=O) groups is 2. The first-order chi connectivity index (χ1) is 9.77. The average Bonchev–Trinajstić information content (AvgIpc) is 2.43. The van der Waals surface area contributed by atoms with Crippen molar-refractivity contribution in [1.29, 1.82) is 0 Å². The molecule has 0 fully saturated rings. The van der Waals surface area contributed by atoms with Gasteiger partial charge in [-0.1, -0.05) is 45.7 Å². The quantitative estimate of drug-likeness (QED) is 0.841. The van der Waals surface area contributed by atoms with Crippen molar-refractivity contribution >= 4 is 23.5 Å². The van der Waals surface area contributed by atoms with Crippen molar-refractivity contribution in [2.24, 2.45) is 5.92 Å². The minimum Gasteiger partial charge on any atom is -0.480 e. The molecule has 0 spiro atoms. The van der Waals surface area contributed by atoms with Crippen LogP contribution < -0.4 is 5.32 Å². The van der Waals surface area contributed by atoms with Crippen LogP contribution in [0.3, 0.4) is 0 Å². The zero-order valence-corrected chi connectivity index (χ0v) is 13.3. The standard InChI is InChI=1S/C14H20ClN3O3/c1-5-8(4)10(14(20)21)18-13(19)11-9(15)6-16-12(17-11)7(2)3/h6-8,10H,5H2,1-4H3,(H,18,19)(H,20,21)/t8-,10-/m0/s1. The molecule has 0 aliphatic carbocycles. The molecule has 116 valence electrons. The number of aromatic nitrogens is 2. The minimum absolute atomic E-state index is 0.00456. The Morgan fingerprint density at radius 2 is 2.00 bits per heavy atom. The van der Waals surface area contributed by atoms with E-state index in [4.69, 9.17) is 11.6 Å². The molecule has 2 atom stereocenters. The van der Waals surface area contributed by atoms with Gasteiger partial charge in [0.2, 0.25) is 0 Å².